The Kier molecular flexibility index (Phi) is 2.21. The Morgan fingerprint density at radius 2 is 2.31 bits per heavy atom. The molecule has 1 aromatic carbocycles. The average molecular weight is 218 g/mol. The van der Waals surface area contributed by atoms with Crippen LogP contribution in [0, 0.1) is 11.7 Å². The minimum absolute atomic E-state index is 0.157. The number of nitrogens with two attached hydrogens (primary N) is 1. The minimum atomic E-state index is -0.157. The number of aromatic amines is 1. The van der Waals surface area contributed by atoms with E-state index in [2.05, 4.69) is 4.98 Å². The maximum absolute atomic E-state index is 13.2. The maximum atomic E-state index is 13.2. The first-order chi connectivity index (χ1) is 7.78. The zero-order chi connectivity index (χ0) is 11.1. The third kappa shape index (κ3) is 1.43. The average Bonchev–Trinajstić information content (AvgIpc) is 2.66. The zero-order valence-electron chi connectivity index (χ0n) is 9.09. The van der Waals surface area contributed by atoms with Crippen molar-refractivity contribution >= 4 is 10.9 Å². The van der Waals surface area contributed by atoms with Crippen LogP contribution in [0.4, 0.5) is 4.39 Å². The van der Waals surface area contributed by atoms with Crippen molar-refractivity contribution in [2.24, 2.45) is 11.7 Å². The quantitative estimate of drug-likeness (QED) is 0.758. The Bertz CT molecular complexity index is 530. The van der Waals surface area contributed by atoms with Gasteiger partial charge in [-0.25, -0.2) is 4.39 Å². The number of aromatic nitrogens is 1. The molecule has 0 saturated carbocycles. The monoisotopic (exact) mass is 218 g/mol. The molecular weight excluding hydrogens is 203 g/mol. The molecule has 2 aromatic rings. The molecule has 0 spiro atoms. The van der Waals surface area contributed by atoms with Crippen molar-refractivity contribution in [2.75, 3.05) is 6.54 Å². The molecule has 2 nitrogen and oxygen atoms in total. The van der Waals surface area contributed by atoms with E-state index in [4.69, 9.17) is 5.73 Å². The van der Waals surface area contributed by atoms with Gasteiger partial charge in [0, 0.05) is 16.6 Å². The van der Waals surface area contributed by atoms with E-state index >= 15 is 0 Å². The topological polar surface area (TPSA) is 41.8 Å². The van der Waals surface area contributed by atoms with Crippen LogP contribution in [-0.4, -0.2) is 11.5 Å². The van der Waals surface area contributed by atoms with Crippen molar-refractivity contribution in [3.8, 4) is 0 Å². The number of aryl methyl sites for hydroxylation is 1. The molecule has 0 radical (unpaired) electrons. The van der Waals surface area contributed by atoms with Gasteiger partial charge >= 0.3 is 0 Å². The van der Waals surface area contributed by atoms with Crippen LogP contribution >= 0.6 is 0 Å². The summed E-state index contributed by atoms with van der Waals surface area (Å²) >= 11 is 0. The van der Waals surface area contributed by atoms with Gasteiger partial charge in [-0.3, -0.25) is 0 Å². The van der Waals surface area contributed by atoms with E-state index in [9.17, 15) is 4.39 Å². The summed E-state index contributed by atoms with van der Waals surface area (Å²) in [7, 11) is 0. The van der Waals surface area contributed by atoms with Gasteiger partial charge in [0.1, 0.15) is 5.82 Å². The first-order valence-corrected chi connectivity index (χ1v) is 5.77. The molecule has 1 heterocycles. The summed E-state index contributed by atoms with van der Waals surface area (Å²) in [6.07, 6.45) is 3.13. The van der Waals surface area contributed by atoms with E-state index in [0.717, 1.165) is 36.7 Å². The summed E-state index contributed by atoms with van der Waals surface area (Å²) in [5.41, 5.74) is 9.29. The number of hydrogen-bond acceptors (Lipinski definition) is 1. The van der Waals surface area contributed by atoms with Gasteiger partial charge in [0.25, 0.3) is 0 Å². The van der Waals surface area contributed by atoms with Crippen molar-refractivity contribution in [1.29, 1.82) is 0 Å². The lowest BCUT2D eigenvalue weighted by molar-refractivity contribution is 0.466. The lowest BCUT2D eigenvalue weighted by Crippen LogP contribution is -2.21. The third-order valence-electron chi connectivity index (χ3n) is 3.59. The van der Waals surface area contributed by atoms with E-state index in [1.807, 2.05) is 6.07 Å². The number of rotatable bonds is 1. The highest BCUT2D eigenvalue weighted by Gasteiger charge is 2.21. The number of nitrogens with one attached hydrogen (secondary N) is 1. The van der Waals surface area contributed by atoms with Crippen molar-refractivity contribution in [3.05, 3.63) is 35.3 Å². The summed E-state index contributed by atoms with van der Waals surface area (Å²) in [4.78, 5) is 3.39. The normalized spacial score (nSPS) is 20.0. The fourth-order valence-electron chi connectivity index (χ4n) is 2.68. The molecule has 1 atom stereocenters. The second-order valence-corrected chi connectivity index (χ2v) is 4.62. The smallest absolute Gasteiger partial charge is 0.123 e. The van der Waals surface area contributed by atoms with Gasteiger partial charge in [-0.15, -0.1) is 0 Å². The van der Waals surface area contributed by atoms with Crippen LogP contribution in [-0.2, 0) is 12.8 Å². The number of hydrogen-bond donors (Lipinski definition) is 2. The molecule has 3 heteroatoms. The second kappa shape index (κ2) is 3.59. The Hall–Kier alpha value is -1.35. The number of fused-ring (bicyclic) bond motifs is 3. The van der Waals surface area contributed by atoms with Crippen LogP contribution < -0.4 is 5.73 Å². The molecule has 0 saturated heterocycles. The zero-order valence-corrected chi connectivity index (χ0v) is 9.09. The predicted molar refractivity (Wildman–Crippen MR) is 62.8 cm³/mol. The Labute approximate surface area is 93.6 Å². The first kappa shape index (κ1) is 9.85. The molecule has 1 aliphatic rings. The molecule has 0 fully saturated rings. The summed E-state index contributed by atoms with van der Waals surface area (Å²) < 4.78 is 13.2. The van der Waals surface area contributed by atoms with Crippen molar-refractivity contribution < 1.29 is 4.39 Å². The largest absolute Gasteiger partial charge is 0.358 e. The summed E-state index contributed by atoms with van der Waals surface area (Å²) in [6.45, 7) is 0.739. The molecule has 0 aliphatic heterocycles. The molecular formula is C13H15FN2. The summed E-state index contributed by atoms with van der Waals surface area (Å²) in [5.74, 6) is 0.417. The summed E-state index contributed by atoms with van der Waals surface area (Å²) in [6, 6.07) is 4.96. The molecule has 1 aliphatic carbocycles. The molecule has 84 valence electrons. The van der Waals surface area contributed by atoms with Gasteiger partial charge < -0.3 is 10.7 Å². The van der Waals surface area contributed by atoms with Gasteiger partial charge in [-0.05, 0) is 55.5 Å². The second-order valence-electron chi connectivity index (χ2n) is 4.62. The molecule has 0 bridgehead atoms. The fraction of sp³-hybridized carbons (Fsp3) is 0.385. The molecule has 1 aromatic heterocycles. The standard InChI is InChI=1S/C13H15FN2/c14-9-2-4-12-11(6-9)10-3-1-8(7-15)5-13(10)16-12/h2,4,6,8,16H,1,3,5,7,15H2. The first-order valence-electron chi connectivity index (χ1n) is 5.77. The highest BCUT2D eigenvalue weighted by molar-refractivity contribution is 5.85. The van der Waals surface area contributed by atoms with Gasteiger partial charge in [0.05, 0.1) is 0 Å². The minimum Gasteiger partial charge on any atom is -0.358 e. The van der Waals surface area contributed by atoms with E-state index in [-0.39, 0.29) is 5.82 Å². The van der Waals surface area contributed by atoms with E-state index in [0.29, 0.717) is 5.92 Å². The third-order valence-corrected chi connectivity index (χ3v) is 3.59. The van der Waals surface area contributed by atoms with Gasteiger partial charge in [-0.2, -0.15) is 0 Å². The Morgan fingerprint density at radius 1 is 1.44 bits per heavy atom. The highest BCUT2D eigenvalue weighted by Crippen LogP contribution is 2.31. The molecule has 3 rings (SSSR count). The van der Waals surface area contributed by atoms with Crippen LogP contribution in [0.2, 0.25) is 0 Å². The maximum Gasteiger partial charge on any atom is 0.123 e. The number of halogens is 1. The van der Waals surface area contributed by atoms with Gasteiger partial charge in [0.15, 0.2) is 0 Å². The summed E-state index contributed by atoms with van der Waals surface area (Å²) in [5, 5.41) is 1.05. The van der Waals surface area contributed by atoms with Gasteiger partial charge in [0.2, 0.25) is 0 Å². The Balaban J connectivity index is 2.13. The van der Waals surface area contributed by atoms with E-state index in [1.165, 1.54) is 17.3 Å². The lowest BCUT2D eigenvalue weighted by atomic mass is 9.87. The van der Waals surface area contributed by atoms with Crippen LogP contribution in [0.15, 0.2) is 18.2 Å². The predicted octanol–water partition coefficient (Wildman–Crippen LogP) is 2.37. The molecule has 1 unspecified atom stereocenters. The molecule has 3 N–H and O–H groups in total. The van der Waals surface area contributed by atoms with Crippen LogP contribution in [0.25, 0.3) is 10.9 Å². The number of H-pyrrole nitrogens is 1. The highest BCUT2D eigenvalue weighted by atomic mass is 19.1. The number of benzene rings is 1. The van der Waals surface area contributed by atoms with Crippen molar-refractivity contribution in [1.82, 2.24) is 4.98 Å². The van der Waals surface area contributed by atoms with Crippen LogP contribution in [0.5, 0.6) is 0 Å². The van der Waals surface area contributed by atoms with E-state index < -0.39 is 0 Å². The fourth-order valence-corrected chi connectivity index (χ4v) is 2.68. The Morgan fingerprint density at radius 3 is 3.12 bits per heavy atom. The van der Waals surface area contributed by atoms with E-state index in [1.54, 1.807) is 6.07 Å². The lowest BCUT2D eigenvalue weighted by Gasteiger charge is -2.20. The van der Waals surface area contributed by atoms with Crippen molar-refractivity contribution in [3.63, 3.8) is 0 Å². The van der Waals surface area contributed by atoms with Crippen LogP contribution in [0.1, 0.15) is 17.7 Å². The SMILES string of the molecule is NCC1CCc2c([nH]c3ccc(F)cc23)C1. The molecule has 0 amide bonds. The van der Waals surface area contributed by atoms with Crippen LogP contribution in [0.3, 0.4) is 0 Å². The molecule has 16 heavy (non-hydrogen) atoms. The van der Waals surface area contributed by atoms with Crippen molar-refractivity contribution in [2.45, 2.75) is 19.3 Å². The van der Waals surface area contributed by atoms with Gasteiger partial charge in [-0.1, -0.05) is 0 Å².